The standard InChI is InChI=1S/C26H15NS/c1-2-7-17-12-22-19(11-16(17)6-1)20-14-25-21(13-23(20)27-22)26-18-8-4-3-5-15(18)9-10-24(26)28-25/h1-14,27H. The summed E-state index contributed by atoms with van der Waals surface area (Å²) in [5, 5.41) is 10.6. The average molecular weight is 373 g/mol. The minimum atomic E-state index is 1.21. The largest absolute Gasteiger partial charge is 0.354 e. The van der Waals surface area contributed by atoms with Crippen LogP contribution in [0.4, 0.5) is 0 Å². The van der Waals surface area contributed by atoms with Crippen molar-refractivity contribution in [2.75, 3.05) is 0 Å². The molecule has 1 N–H and O–H groups in total. The predicted octanol–water partition coefficient (Wildman–Crippen LogP) is 8.00. The molecule has 5 aromatic carbocycles. The van der Waals surface area contributed by atoms with Crippen LogP contribution in [-0.4, -0.2) is 4.98 Å². The summed E-state index contributed by atoms with van der Waals surface area (Å²) >= 11 is 1.89. The summed E-state index contributed by atoms with van der Waals surface area (Å²) in [5.74, 6) is 0. The van der Waals surface area contributed by atoms with Gasteiger partial charge in [-0.15, -0.1) is 11.3 Å². The van der Waals surface area contributed by atoms with Crippen molar-refractivity contribution < 1.29 is 0 Å². The maximum absolute atomic E-state index is 3.67. The first-order valence-electron chi connectivity index (χ1n) is 9.53. The zero-order valence-corrected chi connectivity index (χ0v) is 15.8. The molecule has 0 saturated heterocycles. The molecule has 7 rings (SSSR count). The highest BCUT2D eigenvalue weighted by atomic mass is 32.1. The minimum Gasteiger partial charge on any atom is -0.354 e. The van der Waals surface area contributed by atoms with Gasteiger partial charge in [0.1, 0.15) is 0 Å². The number of aromatic amines is 1. The molecule has 0 spiro atoms. The highest BCUT2D eigenvalue weighted by Gasteiger charge is 2.13. The minimum absolute atomic E-state index is 1.21. The van der Waals surface area contributed by atoms with Crippen molar-refractivity contribution in [1.82, 2.24) is 4.98 Å². The van der Waals surface area contributed by atoms with Gasteiger partial charge in [0.15, 0.2) is 0 Å². The number of benzene rings is 5. The van der Waals surface area contributed by atoms with Crippen molar-refractivity contribution in [1.29, 1.82) is 0 Å². The third-order valence-corrected chi connectivity index (χ3v) is 7.06. The van der Waals surface area contributed by atoms with Crippen LogP contribution < -0.4 is 0 Å². The fourth-order valence-corrected chi connectivity index (χ4v) is 5.77. The van der Waals surface area contributed by atoms with Crippen molar-refractivity contribution in [3.05, 3.63) is 84.9 Å². The monoisotopic (exact) mass is 373 g/mol. The Kier molecular flexibility index (Phi) is 2.68. The Balaban J connectivity index is 1.67. The summed E-state index contributed by atoms with van der Waals surface area (Å²) in [7, 11) is 0. The second-order valence-corrected chi connectivity index (χ2v) is 8.61. The van der Waals surface area contributed by atoms with E-state index in [1.807, 2.05) is 11.3 Å². The normalized spacial score (nSPS) is 12.3. The third kappa shape index (κ3) is 1.85. The van der Waals surface area contributed by atoms with Crippen molar-refractivity contribution in [2.24, 2.45) is 0 Å². The van der Waals surface area contributed by atoms with E-state index in [1.165, 1.54) is 63.5 Å². The van der Waals surface area contributed by atoms with Crippen LogP contribution in [0, 0.1) is 0 Å². The van der Waals surface area contributed by atoms with Gasteiger partial charge in [-0.25, -0.2) is 0 Å². The maximum Gasteiger partial charge on any atom is 0.0472 e. The molecule has 0 aliphatic rings. The molecule has 0 aliphatic heterocycles. The molecule has 0 bridgehead atoms. The van der Waals surface area contributed by atoms with Gasteiger partial charge in [0.05, 0.1) is 0 Å². The first-order valence-corrected chi connectivity index (χ1v) is 10.3. The Morgan fingerprint density at radius 2 is 1.21 bits per heavy atom. The lowest BCUT2D eigenvalue weighted by molar-refractivity contribution is 1.56. The molecule has 2 heterocycles. The summed E-state index contributed by atoms with van der Waals surface area (Å²) in [4.78, 5) is 3.67. The molecule has 0 atom stereocenters. The van der Waals surface area contributed by atoms with E-state index in [9.17, 15) is 0 Å². The molecule has 130 valence electrons. The Morgan fingerprint density at radius 3 is 2.11 bits per heavy atom. The van der Waals surface area contributed by atoms with Crippen molar-refractivity contribution in [2.45, 2.75) is 0 Å². The average Bonchev–Trinajstić information content (AvgIpc) is 3.27. The Bertz CT molecular complexity index is 1720. The van der Waals surface area contributed by atoms with Gasteiger partial charge in [0.2, 0.25) is 0 Å². The summed E-state index contributed by atoms with van der Waals surface area (Å²) in [5.41, 5.74) is 2.42. The van der Waals surface area contributed by atoms with Gasteiger partial charge in [0.25, 0.3) is 0 Å². The van der Waals surface area contributed by atoms with E-state index in [4.69, 9.17) is 0 Å². The lowest BCUT2D eigenvalue weighted by Gasteiger charge is -2.00. The molecule has 0 unspecified atom stereocenters. The lowest BCUT2D eigenvalue weighted by atomic mass is 10.0. The topological polar surface area (TPSA) is 15.8 Å². The predicted molar refractivity (Wildman–Crippen MR) is 124 cm³/mol. The summed E-state index contributed by atoms with van der Waals surface area (Å²) in [6, 6.07) is 31.1. The van der Waals surface area contributed by atoms with Gasteiger partial charge in [-0.2, -0.15) is 0 Å². The number of hydrogen-bond acceptors (Lipinski definition) is 1. The number of thiophene rings is 1. The number of aromatic nitrogens is 1. The van der Waals surface area contributed by atoms with Crippen LogP contribution in [0.25, 0.3) is 63.5 Å². The van der Waals surface area contributed by atoms with E-state index in [0.717, 1.165) is 0 Å². The van der Waals surface area contributed by atoms with E-state index in [1.54, 1.807) is 0 Å². The Hall–Kier alpha value is -3.36. The second-order valence-electron chi connectivity index (χ2n) is 7.53. The number of rotatable bonds is 0. The van der Waals surface area contributed by atoms with E-state index in [2.05, 4.69) is 89.9 Å². The first-order chi connectivity index (χ1) is 13.8. The zero-order valence-electron chi connectivity index (χ0n) is 15.0. The molecule has 7 aromatic rings. The van der Waals surface area contributed by atoms with Crippen LogP contribution in [0.15, 0.2) is 84.9 Å². The highest BCUT2D eigenvalue weighted by molar-refractivity contribution is 7.26. The van der Waals surface area contributed by atoms with Gasteiger partial charge in [-0.05, 0) is 51.9 Å². The van der Waals surface area contributed by atoms with Gasteiger partial charge in [-0.1, -0.05) is 54.6 Å². The van der Waals surface area contributed by atoms with Crippen LogP contribution in [0.2, 0.25) is 0 Å². The van der Waals surface area contributed by atoms with Crippen LogP contribution in [0.3, 0.4) is 0 Å². The van der Waals surface area contributed by atoms with E-state index in [-0.39, 0.29) is 0 Å². The van der Waals surface area contributed by atoms with Gasteiger partial charge in [0, 0.05) is 42.0 Å². The Labute approximate surface area is 164 Å². The van der Waals surface area contributed by atoms with Crippen LogP contribution >= 0.6 is 11.3 Å². The molecule has 0 aliphatic carbocycles. The molecule has 0 fully saturated rings. The molecule has 2 heteroatoms. The number of hydrogen-bond donors (Lipinski definition) is 1. The fraction of sp³-hybridized carbons (Fsp3) is 0. The maximum atomic E-state index is 3.67. The first kappa shape index (κ1) is 14.7. The summed E-state index contributed by atoms with van der Waals surface area (Å²) in [6.07, 6.45) is 0. The van der Waals surface area contributed by atoms with Crippen LogP contribution in [0.5, 0.6) is 0 Å². The van der Waals surface area contributed by atoms with Gasteiger partial charge >= 0.3 is 0 Å². The molecule has 0 saturated carbocycles. The molecule has 28 heavy (non-hydrogen) atoms. The quantitative estimate of drug-likeness (QED) is 0.277. The number of nitrogens with one attached hydrogen (secondary N) is 1. The van der Waals surface area contributed by atoms with Crippen LogP contribution in [-0.2, 0) is 0 Å². The van der Waals surface area contributed by atoms with Gasteiger partial charge < -0.3 is 4.98 Å². The summed E-state index contributed by atoms with van der Waals surface area (Å²) in [6.45, 7) is 0. The SMILES string of the molecule is c1ccc2cc3c(cc2c1)[nH]c1cc2c(cc13)sc1ccc3ccccc3c12. The molecule has 0 radical (unpaired) electrons. The number of fused-ring (bicyclic) bond motifs is 9. The van der Waals surface area contributed by atoms with Crippen molar-refractivity contribution in [3.8, 4) is 0 Å². The number of H-pyrrole nitrogens is 1. The second kappa shape index (κ2) is 5.12. The van der Waals surface area contributed by atoms with E-state index >= 15 is 0 Å². The van der Waals surface area contributed by atoms with Crippen LogP contribution in [0.1, 0.15) is 0 Å². The molecular weight excluding hydrogens is 358 g/mol. The molecule has 0 amide bonds. The Morgan fingerprint density at radius 1 is 0.500 bits per heavy atom. The smallest absolute Gasteiger partial charge is 0.0472 e. The fourth-order valence-electron chi connectivity index (χ4n) is 4.63. The molecule has 1 nitrogen and oxygen atoms in total. The van der Waals surface area contributed by atoms with Gasteiger partial charge in [-0.3, -0.25) is 0 Å². The third-order valence-electron chi connectivity index (χ3n) is 5.95. The van der Waals surface area contributed by atoms with E-state index in [0.29, 0.717) is 0 Å². The van der Waals surface area contributed by atoms with Crippen molar-refractivity contribution in [3.63, 3.8) is 0 Å². The molecular formula is C26H15NS. The van der Waals surface area contributed by atoms with E-state index < -0.39 is 0 Å². The zero-order chi connectivity index (χ0) is 18.2. The van der Waals surface area contributed by atoms with Crippen molar-refractivity contribution >= 4 is 74.9 Å². The lowest BCUT2D eigenvalue weighted by Crippen LogP contribution is -1.74. The molecule has 2 aromatic heterocycles. The highest BCUT2D eigenvalue weighted by Crippen LogP contribution is 2.41. The summed E-state index contributed by atoms with van der Waals surface area (Å²) < 4.78 is 2.71.